The molecule has 1 aliphatic carbocycles. The molecule has 100 valence electrons. The fraction of sp³-hybridized carbons (Fsp3) is 0.417. The lowest BCUT2D eigenvalue weighted by atomic mass is 10.2. The lowest BCUT2D eigenvalue weighted by Crippen LogP contribution is -2.00. The van der Waals surface area contributed by atoms with Gasteiger partial charge in [-0.15, -0.1) is 0 Å². The fourth-order valence-corrected chi connectivity index (χ4v) is 0.936. The van der Waals surface area contributed by atoms with Gasteiger partial charge in [-0.1, -0.05) is 6.58 Å². The highest BCUT2D eigenvalue weighted by atomic mass is 16.5. The van der Waals surface area contributed by atoms with Crippen LogP contribution in [0.2, 0.25) is 0 Å². The van der Waals surface area contributed by atoms with Crippen molar-refractivity contribution in [3.63, 3.8) is 0 Å². The predicted octanol–water partition coefficient (Wildman–Crippen LogP) is 1.23. The molecule has 6 nitrogen and oxygen atoms in total. The van der Waals surface area contributed by atoms with Gasteiger partial charge in [0, 0.05) is 17.7 Å². The zero-order chi connectivity index (χ0) is 14.1. The molecule has 0 amide bonds. The van der Waals surface area contributed by atoms with Gasteiger partial charge in [-0.05, 0) is 25.7 Å². The molecule has 0 saturated heterocycles. The average molecular weight is 256 g/mol. The predicted molar refractivity (Wildman–Crippen MR) is 62.9 cm³/mol. The van der Waals surface area contributed by atoms with Crippen molar-refractivity contribution < 1.29 is 29.3 Å². The molecule has 1 aliphatic rings. The molecular weight excluding hydrogens is 240 g/mol. The Hall–Kier alpha value is -2.11. The minimum absolute atomic E-state index is 0.253. The molecule has 0 aliphatic heterocycles. The summed E-state index contributed by atoms with van der Waals surface area (Å²) in [5.74, 6) is -2.34. The average Bonchev–Trinajstić information content (AvgIpc) is 3.10. The Morgan fingerprint density at radius 1 is 1.28 bits per heavy atom. The van der Waals surface area contributed by atoms with Crippen LogP contribution in [0.4, 0.5) is 0 Å². The van der Waals surface area contributed by atoms with Gasteiger partial charge in [0.25, 0.3) is 0 Å². The summed E-state index contributed by atoms with van der Waals surface area (Å²) in [4.78, 5) is 30.3. The first kappa shape index (κ1) is 15.9. The van der Waals surface area contributed by atoms with E-state index in [0.717, 1.165) is 25.0 Å². The fourth-order valence-electron chi connectivity index (χ4n) is 0.936. The third kappa shape index (κ3) is 8.09. The van der Waals surface area contributed by atoms with Crippen LogP contribution in [0.15, 0.2) is 24.3 Å². The summed E-state index contributed by atoms with van der Waals surface area (Å²) in [7, 11) is 0. The lowest BCUT2D eigenvalue weighted by Gasteiger charge is -1.92. The smallest absolute Gasteiger partial charge is 0.331 e. The first-order chi connectivity index (χ1) is 8.38. The highest BCUT2D eigenvalue weighted by molar-refractivity contribution is 5.90. The molecule has 0 atom stereocenters. The number of hydrogen-bond donors (Lipinski definition) is 2. The lowest BCUT2D eigenvalue weighted by molar-refractivity contribution is -0.138. The standard InChI is InChI=1S/C6H8O4.C6H8O2/c1-2-10-6(9)4-3-5(7)8;1-4(6(7)8)5-2-3-5/h3-4H,2H2,1H3,(H,7,8);5H,1-3H2,(H,7,8)/b4-3-;. The van der Waals surface area contributed by atoms with Crippen LogP contribution in [0.3, 0.4) is 0 Å². The summed E-state index contributed by atoms with van der Waals surface area (Å²) in [5.41, 5.74) is 0.380. The van der Waals surface area contributed by atoms with Crippen molar-refractivity contribution in [2.24, 2.45) is 5.92 Å². The SMILES string of the molecule is C=C(C(=O)O)C1CC1.CCOC(=O)/C=C\C(=O)O. The molecule has 1 saturated carbocycles. The zero-order valence-electron chi connectivity index (χ0n) is 10.1. The second-order valence-electron chi connectivity index (χ2n) is 3.53. The van der Waals surface area contributed by atoms with Crippen LogP contribution in [0.5, 0.6) is 0 Å². The number of carbonyl (C=O) groups excluding carboxylic acids is 1. The van der Waals surface area contributed by atoms with Gasteiger partial charge >= 0.3 is 17.9 Å². The topological polar surface area (TPSA) is 101 Å². The van der Waals surface area contributed by atoms with Crippen LogP contribution in [-0.2, 0) is 19.1 Å². The summed E-state index contributed by atoms with van der Waals surface area (Å²) < 4.78 is 4.40. The normalized spacial score (nSPS) is 13.4. The van der Waals surface area contributed by atoms with E-state index in [-0.39, 0.29) is 6.61 Å². The van der Waals surface area contributed by atoms with Crippen molar-refractivity contribution in [3.8, 4) is 0 Å². The Balaban J connectivity index is 0.000000327. The van der Waals surface area contributed by atoms with E-state index >= 15 is 0 Å². The van der Waals surface area contributed by atoms with Crippen LogP contribution in [0.25, 0.3) is 0 Å². The Kier molecular flexibility index (Phi) is 7.11. The highest BCUT2D eigenvalue weighted by Crippen LogP contribution is 2.35. The van der Waals surface area contributed by atoms with E-state index in [9.17, 15) is 14.4 Å². The van der Waals surface area contributed by atoms with Gasteiger partial charge in [0.05, 0.1) is 6.61 Å². The number of carboxylic acid groups (broad SMARTS) is 2. The van der Waals surface area contributed by atoms with Gasteiger partial charge in [-0.25, -0.2) is 14.4 Å². The molecule has 1 fully saturated rings. The quantitative estimate of drug-likeness (QED) is 0.566. The Morgan fingerprint density at radius 2 is 1.83 bits per heavy atom. The molecule has 1 rings (SSSR count). The molecule has 0 heterocycles. The van der Waals surface area contributed by atoms with E-state index in [0.29, 0.717) is 11.5 Å². The Morgan fingerprint density at radius 3 is 2.11 bits per heavy atom. The molecule has 0 aromatic rings. The summed E-state index contributed by atoms with van der Waals surface area (Å²) in [6, 6.07) is 0. The Labute approximate surface area is 105 Å². The van der Waals surface area contributed by atoms with E-state index in [4.69, 9.17) is 10.2 Å². The number of carboxylic acids is 2. The first-order valence-corrected chi connectivity index (χ1v) is 5.38. The van der Waals surface area contributed by atoms with Crippen LogP contribution >= 0.6 is 0 Å². The molecule has 0 unspecified atom stereocenters. The van der Waals surface area contributed by atoms with E-state index in [1.54, 1.807) is 6.92 Å². The summed E-state index contributed by atoms with van der Waals surface area (Å²) in [6.07, 6.45) is 3.64. The van der Waals surface area contributed by atoms with Crippen LogP contribution in [0, 0.1) is 5.92 Å². The first-order valence-electron chi connectivity index (χ1n) is 5.38. The zero-order valence-corrected chi connectivity index (χ0v) is 10.1. The van der Waals surface area contributed by atoms with Crippen molar-refractivity contribution in [1.29, 1.82) is 0 Å². The van der Waals surface area contributed by atoms with E-state index in [2.05, 4.69) is 11.3 Å². The molecule has 0 aromatic carbocycles. The molecule has 18 heavy (non-hydrogen) atoms. The van der Waals surface area contributed by atoms with Gasteiger partial charge < -0.3 is 14.9 Å². The maximum atomic E-state index is 10.4. The van der Waals surface area contributed by atoms with Crippen LogP contribution in [0.1, 0.15) is 19.8 Å². The monoisotopic (exact) mass is 256 g/mol. The third-order valence-corrected chi connectivity index (χ3v) is 1.99. The van der Waals surface area contributed by atoms with E-state index in [1.165, 1.54) is 0 Å². The number of hydrogen-bond acceptors (Lipinski definition) is 4. The maximum absolute atomic E-state index is 10.4. The van der Waals surface area contributed by atoms with Gasteiger partial charge in [-0.3, -0.25) is 0 Å². The van der Waals surface area contributed by atoms with Crippen molar-refractivity contribution in [2.75, 3.05) is 6.61 Å². The van der Waals surface area contributed by atoms with Crippen LogP contribution < -0.4 is 0 Å². The molecule has 2 N–H and O–H groups in total. The minimum atomic E-state index is -1.16. The summed E-state index contributed by atoms with van der Waals surface area (Å²) in [6.45, 7) is 5.31. The largest absolute Gasteiger partial charge is 0.478 e. The number of esters is 1. The van der Waals surface area contributed by atoms with Crippen molar-refractivity contribution >= 4 is 17.9 Å². The molecule has 0 spiro atoms. The number of ether oxygens (including phenoxy) is 1. The van der Waals surface area contributed by atoms with Crippen molar-refractivity contribution in [3.05, 3.63) is 24.3 Å². The number of aliphatic carboxylic acids is 2. The van der Waals surface area contributed by atoms with Gasteiger partial charge in [0.2, 0.25) is 0 Å². The Bertz CT molecular complexity index is 365. The van der Waals surface area contributed by atoms with Crippen molar-refractivity contribution in [2.45, 2.75) is 19.8 Å². The van der Waals surface area contributed by atoms with Gasteiger partial charge in [0.1, 0.15) is 0 Å². The minimum Gasteiger partial charge on any atom is -0.478 e. The summed E-state index contributed by atoms with van der Waals surface area (Å²) in [5, 5.41) is 16.3. The molecular formula is C12H16O6. The van der Waals surface area contributed by atoms with Crippen LogP contribution in [-0.4, -0.2) is 34.7 Å². The van der Waals surface area contributed by atoms with Gasteiger partial charge in [0.15, 0.2) is 0 Å². The highest BCUT2D eigenvalue weighted by Gasteiger charge is 2.28. The van der Waals surface area contributed by atoms with E-state index < -0.39 is 17.9 Å². The number of carbonyl (C=O) groups is 3. The molecule has 0 bridgehead atoms. The molecule has 6 heteroatoms. The maximum Gasteiger partial charge on any atom is 0.331 e. The number of rotatable bonds is 5. The molecule has 0 radical (unpaired) electrons. The third-order valence-electron chi connectivity index (χ3n) is 1.99. The van der Waals surface area contributed by atoms with Crippen molar-refractivity contribution in [1.82, 2.24) is 0 Å². The second kappa shape index (κ2) is 8.05. The second-order valence-corrected chi connectivity index (χ2v) is 3.53. The van der Waals surface area contributed by atoms with Gasteiger partial charge in [-0.2, -0.15) is 0 Å². The van der Waals surface area contributed by atoms with E-state index in [1.807, 2.05) is 0 Å². The molecule has 0 aromatic heterocycles. The summed E-state index contributed by atoms with van der Waals surface area (Å²) >= 11 is 0.